The number of aliphatic carboxylic acids is 1. The molecule has 1 aliphatic carbocycles. The predicted octanol–water partition coefficient (Wildman–Crippen LogP) is 9.96. The maximum Gasteiger partial charge on any atom is 0.303 e. The first kappa shape index (κ1) is 32.0. The zero-order valence-electron chi connectivity index (χ0n) is 27.1. The quantitative estimate of drug-likeness (QED) is 0.203. The second-order valence-electron chi connectivity index (χ2n) is 13.4. The van der Waals surface area contributed by atoms with Gasteiger partial charge in [0.2, 0.25) is 5.69 Å². The molecule has 0 bridgehead atoms. The van der Waals surface area contributed by atoms with Crippen molar-refractivity contribution in [1.29, 1.82) is 0 Å². The van der Waals surface area contributed by atoms with Gasteiger partial charge in [0.1, 0.15) is 6.54 Å². The number of rotatable bonds is 11. The summed E-state index contributed by atoms with van der Waals surface area (Å²) < 4.78 is 2.49. The molecule has 0 saturated heterocycles. The summed E-state index contributed by atoms with van der Waals surface area (Å²) in [7, 11) is 0. The molecule has 0 spiro atoms. The van der Waals surface area contributed by atoms with Gasteiger partial charge in [-0.3, -0.25) is 4.79 Å². The van der Waals surface area contributed by atoms with Crippen LogP contribution >= 0.6 is 11.6 Å². The van der Waals surface area contributed by atoms with E-state index in [2.05, 4.69) is 117 Å². The average molecular weight is 612 g/mol. The zero-order valence-corrected chi connectivity index (χ0v) is 27.9. The third kappa shape index (κ3) is 6.24. The van der Waals surface area contributed by atoms with E-state index in [1.165, 1.54) is 45.1 Å². The number of carboxylic acid groups (broad SMARTS) is 1. The molecule has 2 heterocycles. The van der Waals surface area contributed by atoms with E-state index in [1.54, 1.807) is 0 Å². The highest BCUT2D eigenvalue weighted by molar-refractivity contribution is 6.32. The van der Waals surface area contributed by atoms with Crippen LogP contribution in [0.15, 0.2) is 94.7 Å². The van der Waals surface area contributed by atoms with Crippen molar-refractivity contribution >= 4 is 34.7 Å². The van der Waals surface area contributed by atoms with E-state index in [9.17, 15) is 4.79 Å². The van der Waals surface area contributed by atoms with Crippen molar-refractivity contribution in [1.82, 2.24) is 0 Å². The Morgan fingerprint density at radius 1 is 0.932 bits per heavy atom. The molecular formula is C39H48ClN2O2+. The van der Waals surface area contributed by atoms with Crippen LogP contribution in [0.3, 0.4) is 0 Å². The van der Waals surface area contributed by atoms with Gasteiger partial charge in [0.15, 0.2) is 5.71 Å². The van der Waals surface area contributed by atoms with Crippen LogP contribution < -0.4 is 4.90 Å². The Morgan fingerprint density at radius 3 is 2.41 bits per heavy atom. The Labute approximate surface area is 269 Å². The Balaban J connectivity index is 1.43. The van der Waals surface area contributed by atoms with Crippen LogP contribution in [0.2, 0.25) is 0 Å². The van der Waals surface area contributed by atoms with Crippen LogP contribution in [-0.2, 0) is 15.6 Å². The highest BCUT2D eigenvalue weighted by atomic mass is 35.5. The van der Waals surface area contributed by atoms with Gasteiger partial charge in [-0.25, -0.2) is 0 Å². The lowest BCUT2D eigenvalue weighted by molar-refractivity contribution is -0.437. The van der Waals surface area contributed by atoms with Gasteiger partial charge < -0.3 is 10.0 Å². The van der Waals surface area contributed by atoms with Crippen molar-refractivity contribution in [2.45, 2.75) is 96.8 Å². The second-order valence-corrected chi connectivity index (χ2v) is 13.8. The van der Waals surface area contributed by atoms with E-state index in [0.29, 0.717) is 6.42 Å². The Bertz CT molecular complexity index is 1570. The number of halogens is 1. The van der Waals surface area contributed by atoms with Crippen LogP contribution in [0.5, 0.6) is 0 Å². The normalized spacial score (nSPS) is 20.7. The topological polar surface area (TPSA) is 43.5 Å². The minimum Gasteiger partial charge on any atom is -0.481 e. The average Bonchev–Trinajstić information content (AvgIpc) is 3.34. The zero-order chi connectivity index (χ0) is 31.5. The standard InChI is InChI=1S/C39H47ClN2O2/c1-6-26-41-32-19-11-9-17-30(32)38(2,3)34(41)24-22-28-15-14-16-29(37(28)40)23-25-35-39(4,5)31-18-10-12-20-33(31)42(35)27-13-7-8-21-36(43)44/h9-12,17-20,22-25H,6-8,13-16,21,26-27H2,1-5H3/p+1. The number of hydrogen-bond donors (Lipinski definition) is 1. The Hall–Kier alpha value is -3.37. The first-order chi connectivity index (χ1) is 21.1. The lowest BCUT2D eigenvalue weighted by Gasteiger charge is -2.27. The number of allylic oxidation sites excluding steroid dienone is 8. The fourth-order valence-corrected chi connectivity index (χ4v) is 7.59. The Morgan fingerprint density at radius 2 is 1.66 bits per heavy atom. The summed E-state index contributed by atoms with van der Waals surface area (Å²) in [4.78, 5) is 13.4. The molecule has 0 amide bonds. The third-order valence-electron chi connectivity index (χ3n) is 9.66. The molecule has 0 fully saturated rings. The summed E-state index contributed by atoms with van der Waals surface area (Å²) in [5.74, 6) is -0.717. The van der Waals surface area contributed by atoms with Crippen molar-refractivity contribution in [3.8, 4) is 0 Å². The number of benzene rings is 2. The van der Waals surface area contributed by atoms with Crippen molar-refractivity contribution in [2.75, 3.05) is 18.0 Å². The lowest BCUT2D eigenvalue weighted by atomic mass is 9.81. The minimum atomic E-state index is -0.717. The summed E-state index contributed by atoms with van der Waals surface area (Å²) in [5.41, 5.74) is 10.1. The molecule has 0 unspecified atom stereocenters. The Kier molecular flexibility index (Phi) is 9.70. The number of carbonyl (C=O) groups is 1. The van der Waals surface area contributed by atoms with Gasteiger partial charge in [-0.05, 0) is 74.8 Å². The minimum absolute atomic E-state index is 0.0623. The number of fused-ring (bicyclic) bond motifs is 2. The molecule has 0 radical (unpaired) electrons. The van der Waals surface area contributed by atoms with Gasteiger partial charge in [-0.1, -0.05) is 87.3 Å². The van der Waals surface area contributed by atoms with E-state index in [1.807, 2.05) is 0 Å². The van der Waals surface area contributed by atoms with Gasteiger partial charge in [-0.2, -0.15) is 4.58 Å². The van der Waals surface area contributed by atoms with E-state index >= 15 is 0 Å². The fraction of sp³-hybridized carbons (Fsp3) is 0.436. The SMILES string of the molecule is CCC[N+]1=C(/C=C/C2=C(Cl)C(=C/C=C3/N(CCCCCC(=O)O)c4ccccc4C3(C)C)/CCC2)C(C)(C)c2ccccc21. The molecule has 2 aromatic rings. The summed E-state index contributed by atoms with van der Waals surface area (Å²) >= 11 is 7.16. The molecule has 2 aliphatic heterocycles. The first-order valence-electron chi connectivity index (χ1n) is 16.4. The molecule has 2 aromatic carbocycles. The van der Waals surface area contributed by atoms with Crippen molar-refractivity contribution in [3.63, 3.8) is 0 Å². The molecule has 4 nitrogen and oxygen atoms in total. The molecule has 44 heavy (non-hydrogen) atoms. The number of nitrogens with zero attached hydrogens (tertiary/aromatic N) is 2. The third-order valence-corrected chi connectivity index (χ3v) is 10.1. The van der Waals surface area contributed by atoms with Crippen molar-refractivity contribution in [2.24, 2.45) is 0 Å². The van der Waals surface area contributed by atoms with Gasteiger partial charge in [0.05, 0.1) is 5.41 Å². The summed E-state index contributed by atoms with van der Waals surface area (Å²) in [6.45, 7) is 13.4. The van der Waals surface area contributed by atoms with Gasteiger partial charge in [0.25, 0.3) is 0 Å². The van der Waals surface area contributed by atoms with Gasteiger partial charge >= 0.3 is 5.97 Å². The number of para-hydroxylation sites is 2. The van der Waals surface area contributed by atoms with Crippen LogP contribution in [-0.4, -0.2) is 34.5 Å². The first-order valence-corrected chi connectivity index (χ1v) is 16.8. The monoisotopic (exact) mass is 611 g/mol. The van der Waals surface area contributed by atoms with Gasteiger partial charge in [-0.15, -0.1) is 0 Å². The molecule has 232 valence electrons. The maximum absolute atomic E-state index is 11.0. The summed E-state index contributed by atoms with van der Waals surface area (Å²) in [6.07, 6.45) is 16.1. The lowest BCUT2D eigenvalue weighted by Crippen LogP contribution is -2.27. The second kappa shape index (κ2) is 13.3. The van der Waals surface area contributed by atoms with E-state index < -0.39 is 5.97 Å². The number of carboxylic acids is 1. The number of hydrogen-bond acceptors (Lipinski definition) is 2. The van der Waals surface area contributed by atoms with Crippen LogP contribution in [0.4, 0.5) is 11.4 Å². The van der Waals surface area contributed by atoms with Crippen LogP contribution in [0.25, 0.3) is 0 Å². The van der Waals surface area contributed by atoms with E-state index in [0.717, 1.165) is 56.6 Å². The largest absolute Gasteiger partial charge is 0.481 e. The molecule has 0 aromatic heterocycles. The molecule has 0 saturated carbocycles. The highest BCUT2D eigenvalue weighted by Gasteiger charge is 2.44. The summed E-state index contributed by atoms with van der Waals surface area (Å²) in [6, 6.07) is 17.5. The number of anilines is 1. The predicted molar refractivity (Wildman–Crippen MR) is 185 cm³/mol. The van der Waals surface area contributed by atoms with E-state index in [4.69, 9.17) is 16.7 Å². The number of unbranched alkanes of at least 4 members (excludes halogenated alkanes) is 2. The summed E-state index contributed by atoms with van der Waals surface area (Å²) in [5, 5.41) is 9.92. The maximum atomic E-state index is 11.0. The van der Waals surface area contributed by atoms with Crippen molar-refractivity contribution in [3.05, 3.63) is 106 Å². The van der Waals surface area contributed by atoms with Crippen LogP contribution in [0, 0.1) is 0 Å². The highest BCUT2D eigenvalue weighted by Crippen LogP contribution is 2.48. The molecule has 3 aliphatic rings. The van der Waals surface area contributed by atoms with Gasteiger partial charge in [0, 0.05) is 58.9 Å². The molecule has 1 N–H and O–H groups in total. The molecular weight excluding hydrogens is 564 g/mol. The fourth-order valence-electron chi connectivity index (χ4n) is 7.28. The molecule has 5 rings (SSSR count). The molecule has 0 atom stereocenters. The van der Waals surface area contributed by atoms with E-state index in [-0.39, 0.29) is 17.3 Å². The molecule has 5 heteroatoms. The smallest absolute Gasteiger partial charge is 0.303 e. The van der Waals surface area contributed by atoms with Crippen LogP contribution in [0.1, 0.15) is 97.1 Å². The van der Waals surface area contributed by atoms with Crippen molar-refractivity contribution < 1.29 is 14.5 Å².